The van der Waals surface area contributed by atoms with E-state index >= 15 is 0 Å². The van der Waals surface area contributed by atoms with Crippen molar-refractivity contribution >= 4 is 46.4 Å². The van der Waals surface area contributed by atoms with Crippen LogP contribution in [0.3, 0.4) is 0 Å². The number of nitrogens with one attached hydrogen (secondary N) is 1. The molecule has 262 valence electrons. The molecule has 50 heavy (non-hydrogen) atoms. The summed E-state index contributed by atoms with van der Waals surface area (Å²) in [5.41, 5.74) is 2.70. The quantitative estimate of drug-likeness (QED) is 0.198. The Balaban J connectivity index is 0.915. The number of halogens is 2. The first-order chi connectivity index (χ1) is 24.3. The minimum Gasteiger partial charge on any atom is -0.491 e. The smallest absolute Gasteiger partial charge is 0.219 e. The first-order valence-corrected chi connectivity index (χ1v) is 17.7. The van der Waals surface area contributed by atoms with Crippen molar-refractivity contribution in [2.75, 3.05) is 60.6 Å². The zero-order valence-corrected chi connectivity index (χ0v) is 29.7. The van der Waals surface area contributed by atoms with Crippen molar-refractivity contribution in [3.63, 3.8) is 0 Å². The second-order valence-corrected chi connectivity index (χ2v) is 13.5. The van der Waals surface area contributed by atoms with Gasteiger partial charge < -0.3 is 28.9 Å². The van der Waals surface area contributed by atoms with Crippen molar-refractivity contribution < 1.29 is 14.2 Å². The molecule has 14 heteroatoms. The minimum absolute atomic E-state index is 0.223. The average Bonchev–Trinajstić information content (AvgIpc) is 3.81. The normalized spacial score (nSPS) is 21.6. The summed E-state index contributed by atoms with van der Waals surface area (Å²) >= 11 is 12.7. The highest BCUT2D eigenvalue weighted by Gasteiger charge is 2.46. The second kappa shape index (κ2) is 14.9. The van der Waals surface area contributed by atoms with Gasteiger partial charge in [-0.25, -0.2) is 4.98 Å². The second-order valence-electron chi connectivity index (χ2n) is 12.6. The lowest BCUT2D eigenvalue weighted by Gasteiger charge is -2.38. The number of guanidine groups is 1. The highest BCUT2D eigenvalue weighted by molar-refractivity contribution is 6.35. The summed E-state index contributed by atoms with van der Waals surface area (Å²) in [7, 11) is 0. The maximum absolute atomic E-state index is 8.72. The molecule has 3 unspecified atom stereocenters. The van der Waals surface area contributed by atoms with E-state index in [4.69, 9.17) is 47.8 Å². The molecule has 4 aromatic rings. The average molecular weight is 719 g/mol. The Morgan fingerprint density at radius 1 is 0.980 bits per heavy atom. The van der Waals surface area contributed by atoms with E-state index in [-0.39, 0.29) is 12.6 Å². The van der Waals surface area contributed by atoms with Crippen LogP contribution in [0, 0.1) is 5.41 Å². The largest absolute Gasteiger partial charge is 0.491 e. The van der Waals surface area contributed by atoms with Crippen LogP contribution in [0.4, 0.5) is 17.2 Å². The predicted molar refractivity (Wildman–Crippen MR) is 195 cm³/mol. The summed E-state index contributed by atoms with van der Waals surface area (Å²) in [6.45, 7) is 9.38. The fourth-order valence-electron chi connectivity index (χ4n) is 6.49. The van der Waals surface area contributed by atoms with E-state index in [1.807, 2.05) is 35.5 Å². The molecule has 3 atom stereocenters. The summed E-state index contributed by atoms with van der Waals surface area (Å²) in [5, 5.41) is 18.2. The van der Waals surface area contributed by atoms with E-state index in [1.54, 1.807) is 24.5 Å². The molecule has 7 rings (SSSR count). The number of nitrogens with zero attached hydrogens (tertiary/aromatic N) is 8. The van der Waals surface area contributed by atoms with Crippen LogP contribution in [-0.2, 0) is 21.8 Å². The van der Waals surface area contributed by atoms with E-state index in [1.165, 1.54) is 4.80 Å². The molecule has 2 fully saturated rings. The highest BCUT2D eigenvalue weighted by atomic mass is 35.5. The van der Waals surface area contributed by atoms with Gasteiger partial charge >= 0.3 is 0 Å². The van der Waals surface area contributed by atoms with Crippen molar-refractivity contribution in [1.29, 1.82) is 5.41 Å². The SMILES string of the molecule is CCC(C)N1CC=CN(c2ccc(N3CCN(c4ccc(OCC5COC(Cn6nccn6)(c6ccc(Cl)cc6Cl)O5)cc4)CC3)nc2)C1=N. The number of benzene rings is 2. The fraction of sp³-hybridized carbons (Fsp3) is 0.389. The van der Waals surface area contributed by atoms with Gasteiger partial charge in [-0.1, -0.05) is 36.2 Å². The Labute approximate surface area is 302 Å². The molecule has 2 saturated heterocycles. The van der Waals surface area contributed by atoms with Crippen LogP contribution >= 0.6 is 23.2 Å². The van der Waals surface area contributed by atoms with Crippen molar-refractivity contribution in [2.24, 2.45) is 0 Å². The molecule has 2 aromatic heterocycles. The lowest BCUT2D eigenvalue weighted by Crippen LogP contribution is -2.48. The molecule has 0 saturated carbocycles. The maximum atomic E-state index is 8.72. The van der Waals surface area contributed by atoms with Crippen LogP contribution in [0.2, 0.25) is 10.0 Å². The molecule has 0 bridgehead atoms. The third kappa shape index (κ3) is 7.25. The number of ether oxygens (including phenoxy) is 3. The van der Waals surface area contributed by atoms with Gasteiger partial charge in [0.15, 0.2) is 0 Å². The Bertz CT molecular complexity index is 1780. The molecule has 1 N–H and O–H groups in total. The molecule has 0 radical (unpaired) electrons. The van der Waals surface area contributed by atoms with Gasteiger partial charge in [-0.05, 0) is 68.0 Å². The topological polar surface area (TPSA) is 108 Å². The molecule has 5 heterocycles. The number of aromatic nitrogens is 4. The van der Waals surface area contributed by atoms with E-state index in [9.17, 15) is 0 Å². The molecule has 3 aliphatic heterocycles. The summed E-state index contributed by atoms with van der Waals surface area (Å²) in [4.78, 5) is 15.0. The van der Waals surface area contributed by atoms with Gasteiger partial charge in [0.05, 0.1) is 35.9 Å². The van der Waals surface area contributed by atoms with E-state index in [2.05, 4.69) is 69.1 Å². The first kappa shape index (κ1) is 34.1. The summed E-state index contributed by atoms with van der Waals surface area (Å²) in [6.07, 6.45) is 9.80. The Hall–Kier alpha value is -4.36. The number of pyridine rings is 1. The lowest BCUT2D eigenvalue weighted by molar-refractivity contribution is -0.192. The van der Waals surface area contributed by atoms with Crippen LogP contribution < -0.4 is 19.4 Å². The van der Waals surface area contributed by atoms with Gasteiger partial charge in [-0.3, -0.25) is 10.3 Å². The monoisotopic (exact) mass is 717 g/mol. The Morgan fingerprint density at radius 3 is 2.42 bits per heavy atom. The van der Waals surface area contributed by atoms with Gasteiger partial charge in [-0.15, -0.1) is 0 Å². The summed E-state index contributed by atoms with van der Waals surface area (Å²) in [5.74, 6) is 1.01. The predicted octanol–water partition coefficient (Wildman–Crippen LogP) is 6.02. The van der Waals surface area contributed by atoms with Crippen LogP contribution in [0.5, 0.6) is 5.75 Å². The molecule has 0 aliphatic carbocycles. The van der Waals surface area contributed by atoms with Crippen LogP contribution in [0.25, 0.3) is 0 Å². The van der Waals surface area contributed by atoms with E-state index < -0.39 is 5.79 Å². The third-order valence-corrected chi connectivity index (χ3v) is 10.00. The minimum atomic E-state index is -1.18. The standard InChI is InChI=1S/C36H41Cl2N9O3/c1-3-26(2)45-15-4-16-46(35(45)39)29-8-12-34(40-22-29)44-19-17-43(18-20-44)28-6-9-30(10-7-28)48-23-31-24-49-36(50-31,25-47-41-13-14-42-47)32-11-5-27(37)21-33(32)38/h4-14,16,21-22,26,31,39H,3,15,17-20,23-25H2,1-2H3. The van der Waals surface area contributed by atoms with Gasteiger partial charge in [-0.2, -0.15) is 15.0 Å². The van der Waals surface area contributed by atoms with E-state index in [0.717, 1.165) is 62.1 Å². The van der Waals surface area contributed by atoms with Crippen molar-refractivity contribution in [3.8, 4) is 5.75 Å². The van der Waals surface area contributed by atoms with Gasteiger partial charge in [0, 0.05) is 61.2 Å². The van der Waals surface area contributed by atoms with Crippen LogP contribution in [0.15, 0.2) is 85.5 Å². The maximum Gasteiger partial charge on any atom is 0.219 e. The molecule has 3 aliphatic rings. The van der Waals surface area contributed by atoms with Crippen molar-refractivity contribution in [2.45, 2.75) is 44.7 Å². The Kier molecular flexibility index (Phi) is 10.1. The molecule has 0 amide bonds. The third-order valence-electron chi connectivity index (χ3n) is 9.45. The molecule has 0 spiro atoms. The van der Waals surface area contributed by atoms with Crippen LogP contribution in [-0.4, -0.2) is 88.9 Å². The zero-order chi connectivity index (χ0) is 34.7. The number of anilines is 3. The number of hydrogen-bond donors (Lipinski definition) is 1. The summed E-state index contributed by atoms with van der Waals surface area (Å²) in [6, 6.07) is 17.8. The highest BCUT2D eigenvalue weighted by Crippen LogP contribution is 2.40. The van der Waals surface area contributed by atoms with E-state index in [0.29, 0.717) is 40.8 Å². The van der Waals surface area contributed by atoms with Crippen molar-refractivity contribution in [3.05, 3.63) is 101 Å². The summed E-state index contributed by atoms with van der Waals surface area (Å²) < 4.78 is 18.9. The molecular formula is C36H41Cl2N9O3. The number of rotatable bonds is 11. The van der Waals surface area contributed by atoms with Gasteiger partial charge in [0.2, 0.25) is 11.7 Å². The molecular weight excluding hydrogens is 677 g/mol. The fourth-order valence-corrected chi connectivity index (χ4v) is 7.04. The lowest BCUT2D eigenvalue weighted by atomic mass is 10.1. The van der Waals surface area contributed by atoms with Crippen molar-refractivity contribution in [1.82, 2.24) is 24.9 Å². The molecule has 12 nitrogen and oxygen atoms in total. The van der Waals surface area contributed by atoms with Gasteiger partial charge in [0.1, 0.15) is 30.8 Å². The number of hydrogen-bond acceptors (Lipinski definition) is 9. The van der Waals surface area contributed by atoms with Gasteiger partial charge in [0.25, 0.3) is 0 Å². The first-order valence-electron chi connectivity index (χ1n) is 16.9. The Morgan fingerprint density at radius 2 is 1.72 bits per heavy atom. The zero-order valence-electron chi connectivity index (χ0n) is 28.2. The molecule has 2 aromatic carbocycles. The number of piperazine rings is 1. The van der Waals surface area contributed by atoms with Crippen LogP contribution in [0.1, 0.15) is 25.8 Å².